The van der Waals surface area contributed by atoms with E-state index in [9.17, 15) is 21.6 Å². The Balaban J connectivity index is 1.85. The molecule has 0 fully saturated rings. The third-order valence-electron chi connectivity index (χ3n) is 4.54. The summed E-state index contributed by atoms with van der Waals surface area (Å²) in [5, 5.41) is 4.27. The Morgan fingerprint density at radius 3 is 2.57 bits per heavy atom. The molecule has 30 heavy (non-hydrogen) atoms. The van der Waals surface area contributed by atoms with Crippen molar-refractivity contribution in [3.63, 3.8) is 0 Å². The second-order valence-corrected chi connectivity index (χ2v) is 8.74. The molecule has 0 radical (unpaired) electrons. The van der Waals surface area contributed by atoms with E-state index >= 15 is 0 Å². The monoisotopic (exact) mass is 435 g/mol. The maximum Gasteiger partial charge on any atom is 0.231 e. The number of nitrogens with one attached hydrogen (secondary N) is 1. The van der Waals surface area contributed by atoms with Crippen LogP contribution in [0.15, 0.2) is 47.1 Å². The van der Waals surface area contributed by atoms with Crippen LogP contribution in [0.4, 0.5) is 19.0 Å². The molecule has 0 atom stereocenters. The lowest BCUT2D eigenvalue weighted by Crippen LogP contribution is -2.09. The van der Waals surface area contributed by atoms with Gasteiger partial charge in [-0.05, 0) is 42.3 Å². The van der Waals surface area contributed by atoms with Crippen molar-refractivity contribution in [2.24, 2.45) is 0 Å². The predicted molar refractivity (Wildman–Crippen MR) is 106 cm³/mol. The molecule has 1 N–H and O–H groups in total. The Morgan fingerprint density at radius 1 is 1.10 bits per heavy atom. The molecule has 0 bridgehead atoms. The second kappa shape index (κ2) is 7.21. The van der Waals surface area contributed by atoms with E-state index in [2.05, 4.69) is 9.88 Å². The third-order valence-corrected chi connectivity index (χ3v) is 5.12. The summed E-state index contributed by atoms with van der Waals surface area (Å²) < 4.78 is 73.2. The number of nitrogens with zero attached hydrogens (tertiary/aromatic N) is 2. The van der Waals surface area contributed by atoms with Crippen LogP contribution in [0.1, 0.15) is 11.1 Å². The zero-order valence-corrected chi connectivity index (χ0v) is 16.7. The molecule has 2 aromatic carbocycles. The van der Waals surface area contributed by atoms with E-state index in [0.29, 0.717) is 22.0 Å². The van der Waals surface area contributed by atoms with E-state index in [-0.39, 0.29) is 18.1 Å². The van der Waals surface area contributed by atoms with Crippen molar-refractivity contribution in [2.45, 2.75) is 13.5 Å². The molecule has 2 aromatic heterocycles. The number of hydrogen-bond acceptors (Lipinski definition) is 4. The van der Waals surface area contributed by atoms with Crippen molar-refractivity contribution in [3.8, 4) is 11.3 Å². The quantitative estimate of drug-likeness (QED) is 0.503. The zero-order valence-electron chi connectivity index (χ0n) is 15.9. The minimum absolute atomic E-state index is 0.0413. The summed E-state index contributed by atoms with van der Waals surface area (Å²) in [5.41, 5.74) is 2.20. The first-order chi connectivity index (χ1) is 14.1. The fraction of sp³-hybridized carbons (Fsp3) is 0.150. The second-order valence-electron chi connectivity index (χ2n) is 6.99. The number of halogens is 3. The van der Waals surface area contributed by atoms with Crippen molar-refractivity contribution in [3.05, 3.63) is 71.2 Å². The highest BCUT2D eigenvalue weighted by Gasteiger charge is 2.18. The van der Waals surface area contributed by atoms with Crippen molar-refractivity contribution >= 4 is 26.7 Å². The maximum atomic E-state index is 14.3. The van der Waals surface area contributed by atoms with Crippen LogP contribution in [0.3, 0.4) is 0 Å². The Hall–Kier alpha value is -3.27. The van der Waals surface area contributed by atoms with Crippen LogP contribution in [0.25, 0.3) is 22.2 Å². The fourth-order valence-corrected chi connectivity index (χ4v) is 3.84. The van der Waals surface area contributed by atoms with Gasteiger partial charge < -0.3 is 9.09 Å². The molecular weight excluding hydrogens is 419 g/mol. The van der Waals surface area contributed by atoms with Gasteiger partial charge in [-0.2, -0.15) is 0 Å². The lowest BCUT2D eigenvalue weighted by atomic mass is 10.1. The van der Waals surface area contributed by atoms with Crippen LogP contribution in [0.2, 0.25) is 0 Å². The van der Waals surface area contributed by atoms with Crippen LogP contribution in [0, 0.1) is 24.4 Å². The van der Waals surface area contributed by atoms with Gasteiger partial charge in [0.15, 0.2) is 23.2 Å². The zero-order chi connectivity index (χ0) is 21.6. The lowest BCUT2D eigenvalue weighted by molar-refractivity contribution is 0.435. The average Bonchev–Trinajstić information content (AvgIpc) is 3.21. The Kier molecular flexibility index (Phi) is 4.81. The van der Waals surface area contributed by atoms with Gasteiger partial charge in [0.1, 0.15) is 5.82 Å². The molecule has 10 heteroatoms. The lowest BCUT2D eigenvalue weighted by Gasteiger charge is -2.09. The van der Waals surface area contributed by atoms with Gasteiger partial charge in [0.2, 0.25) is 10.0 Å². The molecule has 0 spiro atoms. The van der Waals surface area contributed by atoms with Gasteiger partial charge in [-0.15, -0.1) is 0 Å². The van der Waals surface area contributed by atoms with Crippen molar-refractivity contribution < 1.29 is 26.1 Å². The van der Waals surface area contributed by atoms with E-state index in [1.54, 1.807) is 17.7 Å². The number of fused-ring (bicyclic) bond motifs is 1. The van der Waals surface area contributed by atoms with Gasteiger partial charge >= 0.3 is 0 Å². The molecule has 6 nitrogen and oxygen atoms in total. The predicted octanol–water partition coefficient (Wildman–Crippen LogP) is 4.44. The summed E-state index contributed by atoms with van der Waals surface area (Å²) in [5.74, 6) is -2.31. The summed E-state index contributed by atoms with van der Waals surface area (Å²) in [4.78, 5) is 0. The molecule has 4 aromatic rings. The van der Waals surface area contributed by atoms with Crippen molar-refractivity contribution in [1.82, 2.24) is 9.72 Å². The van der Waals surface area contributed by atoms with Gasteiger partial charge in [-0.25, -0.2) is 21.6 Å². The fourth-order valence-electron chi connectivity index (χ4n) is 3.36. The first-order valence-electron chi connectivity index (χ1n) is 8.78. The van der Waals surface area contributed by atoms with Crippen LogP contribution >= 0.6 is 0 Å². The summed E-state index contributed by atoms with van der Waals surface area (Å²) >= 11 is 0. The maximum absolute atomic E-state index is 14.3. The van der Waals surface area contributed by atoms with E-state index in [4.69, 9.17) is 4.52 Å². The highest BCUT2D eigenvalue weighted by molar-refractivity contribution is 7.92. The molecular formula is C20H16F3N3O3S. The van der Waals surface area contributed by atoms with Gasteiger partial charge in [0, 0.05) is 29.8 Å². The smallest absolute Gasteiger partial charge is 0.231 e. The Labute approximate surface area is 170 Å². The topological polar surface area (TPSA) is 77.1 Å². The highest BCUT2D eigenvalue weighted by atomic mass is 32.2. The largest absolute Gasteiger partial charge is 0.354 e. The Bertz CT molecular complexity index is 1380. The van der Waals surface area contributed by atoms with Crippen LogP contribution in [0.5, 0.6) is 0 Å². The summed E-state index contributed by atoms with van der Waals surface area (Å²) in [6.45, 7) is 1.99. The number of aromatic nitrogens is 2. The Morgan fingerprint density at radius 2 is 1.87 bits per heavy atom. The van der Waals surface area contributed by atoms with Crippen molar-refractivity contribution in [1.29, 1.82) is 0 Å². The molecule has 0 amide bonds. The number of sulfonamides is 1. The first-order valence-corrected chi connectivity index (χ1v) is 10.7. The highest BCUT2D eigenvalue weighted by Crippen LogP contribution is 2.34. The molecule has 2 heterocycles. The van der Waals surface area contributed by atoms with Gasteiger partial charge in [0.25, 0.3) is 0 Å². The molecule has 0 saturated carbocycles. The summed E-state index contributed by atoms with van der Waals surface area (Å²) in [7, 11) is -3.57. The van der Waals surface area contributed by atoms with Crippen molar-refractivity contribution in [2.75, 3.05) is 11.0 Å². The SMILES string of the molecule is Cc1cn(Cc2ccc(F)c(F)c2)c2c(-c3cc(NS(C)(=O)=O)no3)cc(F)cc12. The summed E-state index contributed by atoms with van der Waals surface area (Å²) in [6, 6.07) is 7.56. The van der Waals surface area contributed by atoms with Crippen LogP contribution < -0.4 is 4.72 Å². The number of anilines is 1. The van der Waals surface area contributed by atoms with E-state index in [0.717, 1.165) is 24.0 Å². The van der Waals surface area contributed by atoms with Gasteiger partial charge in [-0.3, -0.25) is 4.72 Å². The minimum atomic E-state index is -3.57. The number of aryl methyl sites for hydroxylation is 1. The number of rotatable bonds is 5. The van der Waals surface area contributed by atoms with Crippen LogP contribution in [-0.2, 0) is 16.6 Å². The summed E-state index contributed by atoms with van der Waals surface area (Å²) in [6.07, 6.45) is 2.74. The molecule has 0 unspecified atom stereocenters. The van der Waals surface area contributed by atoms with Gasteiger partial charge in [-0.1, -0.05) is 11.2 Å². The van der Waals surface area contributed by atoms with Gasteiger partial charge in [0.05, 0.1) is 11.8 Å². The first kappa shape index (κ1) is 20.0. The van der Waals surface area contributed by atoms with Crippen LogP contribution in [-0.4, -0.2) is 24.4 Å². The standard InChI is InChI=1S/C20H16F3N3O3S/c1-11-9-26(10-12-3-4-16(22)17(23)5-12)20-14(11)6-13(21)7-15(20)18-8-19(24-29-18)25-30(2,27)28/h3-9H,10H2,1-2H3,(H,24,25). The third kappa shape index (κ3) is 3.90. The number of benzene rings is 2. The minimum Gasteiger partial charge on any atom is -0.354 e. The average molecular weight is 435 g/mol. The van der Waals surface area contributed by atoms with E-state index in [1.807, 2.05) is 0 Å². The molecule has 0 saturated heterocycles. The molecule has 156 valence electrons. The number of hydrogen-bond donors (Lipinski definition) is 1. The van der Waals surface area contributed by atoms with E-state index < -0.39 is 27.5 Å². The molecule has 0 aliphatic rings. The normalized spacial score (nSPS) is 11.9. The molecule has 0 aliphatic heterocycles. The molecule has 0 aliphatic carbocycles. The van der Waals surface area contributed by atoms with E-state index in [1.165, 1.54) is 24.3 Å². The molecule has 4 rings (SSSR count).